The second-order valence-electron chi connectivity index (χ2n) is 5.34. The van der Waals surface area contributed by atoms with Crippen LogP contribution in [0.2, 0.25) is 0 Å². The van der Waals surface area contributed by atoms with Gasteiger partial charge in [0, 0.05) is 24.7 Å². The number of rotatable bonds is 1. The monoisotopic (exact) mass is 219 g/mol. The Morgan fingerprint density at radius 1 is 1.25 bits per heavy atom. The number of aliphatic imine (C=N–C) groups is 1. The topological polar surface area (TPSA) is 18.8 Å². The summed E-state index contributed by atoms with van der Waals surface area (Å²) < 4.78 is 0. The van der Waals surface area contributed by atoms with Gasteiger partial charge < -0.3 is 4.90 Å². The summed E-state index contributed by atoms with van der Waals surface area (Å²) in [4.78, 5) is 9.77. The highest BCUT2D eigenvalue weighted by Gasteiger charge is 2.37. The SMILES string of the molecule is CC1=N[C@@H](C)C(C)=C2CC(N3CCC3)CN12. The Bertz CT molecular complexity index is 365. The van der Waals surface area contributed by atoms with Gasteiger partial charge >= 0.3 is 0 Å². The highest BCUT2D eigenvalue weighted by molar-refractivity contribution is 5.83. The van der Waals surface area contributed by atoms with E-state index < -0.39 is 0 Å². The van der Waals surface area contributed by atoms with E-state index in [0.29, 0.717) is 6.04 Å². The molecule has 0 aromatic rings. The first-order valence-electron chi connectivity index (χ1n) is 6.42. The third-order valence-corrected chi connectivity index (χ3v) is 4.41. The van der Waals surface area contributed by atoms with Crippen molar-refractivity contribution in [3.63, 3.8) is 0 Å². The first-order chi connectivity index (χ1) is 7.66. The first kappa shape index (κ1) is 10.3. The highest BCUT2D eigenvalue weighted by Crippen LogP contribution is 2.34. The second-order valence-corrected chi connectivity index (χ2v) is 5.34. The fourth-order valence-corrected chi connectivity index (χ4v) is 3.06. The summed E-state index contributed by atoms with van der Waals surface area (Å²) in [6.07, 6.45) is 2.63. The van der Waals surface area contributed by atoms with Crippen molar-refractivity contribution >= 4 is 5.84 Å². The maximum absolute atomic E-state index is 4.71. The van der Waals surface area contributed by atoms with E-state index in [0.717, 1.165) is 12.6 Å². The summed E-state index contributed by atoms with van der Waals surface area (Å²) in [7, 11) is 0. The van der Waals surface area contributed by atoms with Gasteiger partial charge in [0.25, 0.3) is 0 Å². The predicted molar refractivity (Wildman–Crippen MR) is 66.6 cm³/mol. The molecule has 0 radical (unpaired) electrons. The van der Waals surface area contributed by atoms with Gasteiger partial charge in [0.05, 0.1) is 6.04 Å². The molecule has 0 N–H and O–H groups in total. The van der Waals surface area contributed by atoms with Gasteiger partial charge in [-0.2, -0.15) is 0 Å². The summed E-state index contributed by atoms with van der Waals surface area (Å²) in [5.41, 5.74) is 3.03. The molecule has 0 saturated carbocycles. The number of hydrogen-bond acceptors (Lipinski definition) is 3. The fourth-order valence-electron chi connectivity index (χ4n) is 3.06. The van der Waals surface area contributed by atoms with E-state index in [1.165, 1.54) is 37.3 Å². The summed E-state index contributed by atoms with van der Waals surface area (Å²) in [5, 5.41) is 0. The van der Waals surface area contributed by atoms with Crippen LogP contribution in [-0.2, 0) is 0 Å². The van der Waals surface area contributed by atoms with Gasteiger partial charge in [0.2, 0.25) is 0 Å². The third kappa shape index (κ3) is 1.41. The highest BCUT2D eigenvalue weighted by atomic mass is 15.3. The van der Waals surface area contributed by atoms with Crippen molar-refractivity contribution in [2.45, 2.75) is 45.7 Å². The summed E-state index contributed by atoms with van der Waals surface area (Å²) in [5.74, 6) is 1.22. The van der Waals surface area contributed by atoms with Crippen molar-refractivity contribution in [1.82, 2.24) is 9.80 Å². The molecule has 2 fully saturated rings. The lowest BCUT2D eigenvalue weighted by Gasteiger charge is -2.36. The molecule has 3 aliphatic heterocycles. The predicted octanol–water partition coefficient (Wildman–Crippen LogP) is 1.86. The Morgan fingerprint density at radius 3 is 2.62 bits per heavy atom. The maximum Gasteiger partial charge on any atom is 0.101 e. The molecule has 0 amide bonds. The zero-order chi connectivity index (χ0) is 11.3. The van der Waals surface area contributed by atoms with Crippen molar-refractivity contribution in [3.05, 3.63) is 11.3 Å². The molecule has 0 spiro atoms. The zero-order valence-electron chi connectivity index (χ0n) is 10.5. The average molecular weight is 219 g/mol. The van der Waals surface area contributed by atoms with Crippen LogP contribution in [0, 0.1) is 0 Å². The van der Waals surface area contributed by atoms with E-state index in [1.54, 1.807) is 5.70 Å². The molecule has 0 bridgehead atoms. The van der Waals surface area contributed by atoms with Crippen LogP contribution in [0.25, 0.3) is 0 Å². The van der Waals surface area contributed by atoms with Crippen molar-refractivity contribution < 1.29 is 0 Å². The Labute approximate surface area is 97.8 Å². The normalized spacial score (nSPS) is 34.9. The van der Waals surface area contributed by atoms with E-state index in [9.17, 15) is 0 Å². The summed E-state index contributed by atoms with van der Waals surface area (Å²) >= 11 is 0. The number of likely N-dealkylation sites (tertiary alicyclic amines) is 1. The van der Waals surface area contributed by atoms with Crippen LogP contribution in [0.4, 0.5) is 0 Å². The number of amidine groups is 1. The average Bonchev–Trinajstić information content (AvgIpc) is 2.57. The second kappa shape index (κ2) is 3.59. The van der Waals surface area contributed by atoms with Gasteiger partial charge in [-0.05, 0) is 45.9 Å². The smallest absolute Gasteiger partial charge is 0.101 e. The molecule has 88 valence electrons. The quantitative estimate of drug-likeness (QED) is 0.670. The molecule has 2 saturated heterocycles. The molecule has 0 aromatic carbocycles. The van der Waals surface area contributed by atoms with Gasteiger partial charge in [0.15, 0.2) is 0 Å². The van der Waals surface area contributed by atoms with Crippen molar-refractivity contribution in [1.29, 1.82) is 0 Å². The number of nitrogens with zero attached hydrogens (tertiary/aromatic N) is 3. The van der Waals surface area contributed by atoms with Crippen LogP contribution in [0.5, 0.6) is 0 Å². The largest absolute Gasteiger partial charge is 0.332 e. The molecule has 16 heavy (non-hydrogen) atoms. The molecular formula is C13H21N3. The van der Waals surface area contributed by atoms with Crippen LogP contribution >= 0.6 is 0 Å². The Morgan fingerprint density at radius 2 is 2.00 bits per heavy atom. The number of fused-ring (bicyclic) bond motifs is 1. The minimum Gasteiger partial charge on any atom is -0.332 e. The number of hydrogen-bond donors (Lipinski definition) is 0. The lowest BCUT2D eigenvalue weighted by molar-refractivity contribution is 0.125. The van der Waals surface area contributed by atoms with Gasteiger partial charge in [0.1, 0.15) is 5.84 Å². The molecule has 3 aliphatic rings. The van der Waals surface area contributed by atoms with E-state index in [-0.39, 0.29) is 0 Å². The van der Waals surface area contributed by atoms with Crippen molar-refractivity contribution in [3.8, 4) is 0 Å². The fraction of sp³-hybridized carbons (Fsp3) is 0.769. The van der Waals surface area contributed by atoms with Gasteiger partial charge in [-0.25, -0.2) is 0 Å². The van der Waals surface area contributed by atoms with Crippen LogP contribution in [0.3, 0.4) is 0 Å². The molecular weight excluding hydrogens is 198 g/mol. The Hall–Kier alpha value is -0.830. The van der Waals surface area contributed by atoms with Crippen molar-refractivity contribution in [2.75, 3.05) is 19.6 Å². The zero-order valence-corrected chi connectivity index (χ0v) is 10.5. The van der Waals surface area contributed by atoms with Crippen molar-refractivity contribution in [2.24, 2.45) is 4.99 Å². The Kier molecular flexibility index (Phi) is 2.32. The third-order valence-electron chi connectivity index (χ3n) is 4.41. The molecule has 3 rings (SSSR count). The van der Waals surface area contributed by atoms with Gasteiger partial charge in [-0.3, -0.25) is 9.89 Å². The molecule has 3 heteroatoms. The lowest BCUT2D eigenvalue weighted by Crippen LogP contribution is -2.46. The molecule has 1 unspecified atom stereocenters. The molecule has 2 atom stereocenters. The summed E-state index contributed by atoms with van der Waals surface area (Å²) in [6, 6.07) is 1.13. The van der Waals surface area contributed by atoms with Crippen LogP contribution in [-0.4, -0.2) is 47.4 Å². The maximum atomic E-state index is 4.71. The summed E-state index contributed by atoms with van der Waals surface area (Å²) in [6.45, 7) is 10.4. The van der Waals surface area contributed by atoms with E-state index >= 15 is 0 Å². The van der Waals surface area contributed by atoms with E-state index in [2.05, 4.69) is 30.6 Å². The van der Waals surface area contributed by atoms with E-state index in [1.807, 2.05) is 0 Å². The molecule has 0 aliphatic carbocycles. The van der Waals surface area contributed by atoms with Gasteiger partial charge in [-0.15, -0.1) is 0 Å². The first-order valence-corrected chi connectivity index (χ1v) is 6.42. The molecule has 0 aromatic heterocycles. The minimum absolute atomic E-state index is 0.390. The standard InChI is InChI=1S/C13H21N3/c1-9-10(2)14-11(3)16-8-12(7-13(9)16)15-5-4-6-15/h10,12H,4-8H2,1-3H3/t10-,12?/m0/s1. The van der Waals surface area contributed by atoms with E-state index in [4.69, 9.17) is 4.99 Å². The molecule has 3 nitrogen and oxygen atoms in total. The van der Waals surface area contributed by atoms with Crippen LogP contribution < -0.4 is 0 Å². The van der Waals surface area contributed by atoms with Crippen LogP contribution in [0.1, 0.15) is 33.6 Å². The minimum atomic E-state index is 0.390. The van der Waals surface area contributed by atoms with Crippen LogP contribution in [0.15, 0.2) is 16.3 Å². The molecule has 3 heterocycles. The Balaban J connectivity index is 1.84. The van der Waals surface area contributed by atoms with Gasteiger partial charge in [-0.1, -0.05) is 0 Å². The lowest BCUT2D eigenvalue weighted by atomic mass is 10.0.